The van der Waals surface area contributed by atoms with Crippen molar-refractivity contribution in [3.63, 3.8) is 0 Å². The number of urea groups is 1. The van der Waals surface area contributed by atoms with E-state index in [1.165, 1.54) is 0 Å². The zero-order valence-corrected chi connectivity index (χ0v) is 15.3. The molecule has 2 aromatic rings. The Bertz CT molecular complexity index is 1020. The Morgan fingerprint density at radius 3 is 2.71 bits per heavy atom. The molecule has 0 bridgehead atoms. The first-order valence-corrected chi connectivity index (χ1v) is 8.62. The molecule has 1 aliphatic rings. The first-order valence-electron chi connectivity index (χ1n) is 8.62. The van der Waals surface area contributed by atoms with Gasteiger partial charge in [0, 0.05) is 0 Å². The predicted molar refractivity (Wildman–Crippen MR) is 96.2 cm³/mol. The van der Waals surface area contributed by atoms with Crippen molar-refractivity contribution in [3.8, 4) is 0 Å². The van der Waals surface area contributed by atoms with Crippen LogP contribution in [0.1, 0.15) is 13.8 Å². The van der Waals surface area contributed by atoms with E-state index in [1.807, 2.05) is 0 Å². The Kier molecular flexibility index (Phi) is 5.48. The minimum absolute atomic E-state index is 0.132. The number of fused-ring (bicyclic) bond motifs is 1. The molecule has 0 unspecified atom stereocenters. The molecule has 1 aliphatic heterocycles. The third kappa shape index (κ3) is 3.90. The van der Waals surface area contributed by atoms with E-state index in [4.69, 9.17) is 13.9 Å². The second kappa shape index (κ2) is 7.99. The highest BCUT2D eigenvalue weighted by Gasteiger charge is 2.30. The van der Waals surface area contributed by atoms with Gasteiger partial charge >= 0.3 is 23.7 Å². The summed E-state index contributed by atoms with van der Waals surface area (Å²) in [6.07, 6.45) is 0. The molecule has 0 saturated heterocycles. The highest BCUT2D eigenvalue weighted by atomic mass is 16.5. The number of aromatic nitrogens is 1. The van der Waals surface area contributed by atoms with Crippen LogP contribution in [0, 0.1) is 0 Å². The second-order valence-corrected chi connectivity index (χ2v) is 6.02. The van der Waals surface area contributed by atoms with Gasteiger partial charge in [-0.05, 0) is 26.0 Å². The summed E-state index contributed by atoms with van der Waals surface area (Å²) in [5.41, 5.74) is 1.11. The van der Waals surface area contributed by atoms with Crippen LogP contribution < -0.4 is 16.4 Å². The third-order valence-corrected chi connectivity index (χ3v) is 4.10. The van der Waals surface area contributed by atoms with Gasteiger partial charge in [-0.1, -0.05) is 12.1 Å². The van der Waals surface area contributed by atoms with Crippen LogP contribution in [0.5, 0.6) is 0 Å². The molecule has 0 spiro atoms. The fourth-order valence-electron chi connectivity index (χ4n) is 2.88. The Balaban J connectivity index is 1.75. The van der Waals surface area contributed by atoms with Crippen molar-refractivity contribution >= 4 is 29.1 Å². The van der Waals surface area contributed by atoms with Crippen LogP contribution >= 0.6 is 0 Å². The molecule has 2 amide bonds. The smallest absolute Gasteiger partial charge is 0.420 e. The van der Waals surface area contributed by atoms with Crippen molar-refractivity contribution in [1.29, 1.82) is 0 Å². The van der Waals surface area contributed by atoms with Crippen LogP contribution in [0.15, 0.2) is 44.7 Å². The second-order valence-electron chi connectivity index (χ2n) is 6.02. The van der Waals surface area contributed by atoms with E-state index in [0.29, 0.717) is 11.1 Å². The van der Waals surface area contributed by atoms with E-state index in [0.717, 1.165) is 4.57 Å². The number of amides is 2. The summed E-state index contributed by atoms with van der Waals surface area (Å²) in [6.45, 7) is 2.70. The molecule has 1 atom stereocenters. The summed E-state index contributed by atoms with van der Waals surface area (Å²) in [7, 11) is 0. The first kappa shape index (κ1) is 19.2. The van der Waals surface area contributed by atoms with Crippen molar-refractivity contribution in [3.05, 3.63) is 46.1 Å². The fourth-order valence-corrected chi connectivity index (χ4v) is 2.88. The van der Waals surface area contributed by atoms with Crippen molar-refractivity contribution in [2.75, 3.05) is 13.2 Å². The standard InChI is InChI=1S/C18H19N3O7/c1-3-26-16(23)15-10(2)19-17(24)20-11(15)9-27-14(22)8-21-12-6-4-5-7-13(12)28-18(21)25/h4-7,10H,3,8-9H2,1-2H3,(H2,19,20,24)/t10-/m0/s1. The van der Waals surface area contributed by atoms with Crippen molar-refractivity contribution in [2.24, 2.45) is 0 Å². The lowest BCUT2D eigenvalue weighted by Gasteiger charge is -2.26. The molecule has 1 aromatic carbocycles. The number of hydrogen-bond donors (Lipinski definition) is 2. The first-order chi connectivity index (χ1) is 13.4. The molecule has 148 valence electrons. The Morgan fingerprint density at radius 1 is 1.21 bits per heavy atom. The molecular weight excluding hydrogens is 370 g/mol. The summed E-state index contributed by atoms with van der Waals surface area (Å²) in [5, 5.41) is 5.00. The molecule has 0 saturated carbocycles. The third-order valence-electron chi connectivity index (χ3n) is 4.10. The number of ether oxygens (including phenoxy) is 2. The molecule has 28 heavy (non-hydrogen) atoms. The highest BCUT2D eigenvalue weighted by molar-refractivity contribution is 5.94. The highest BCUT2D eigenvalue weighted by Crippen LogP contribution is 2.15. The van der Waals surface area contributed by atoms with Gasteiger partial charge in [0.2, 0.25) is 0 Å². The summed E-state index contributed by atoms with van der Waals surface area (Å²) < 4.78 is 16.4. The average molecular weight is 389 g/mol. The van der Waals surface area contributed by atoms with Crippen LogP contribution in [-0.4, -0.2) is 41.8 Å². The minimum atomic E-state index is -0.732. The SMILES string of the molecule is CCOC(=O)C1=C(COC(=O)Cn2c(=O)oc3ccccc32)NC(=O)N[C@H]1C. The molecule has 0 aliphatic carbocycles. The van der Waals surface area contributed by atoms with Crippen LogP contribution in [-0.2, 0) is 25.6 Å². The number of hydrogen-bond acceptors (Lipinski definition) is 7. The predicted octanol–water partition coefficient (Wildman–Crippen LogP) is 0.656. The van der Waals surface area contributed by atoms with Gasteiger partial charge in [-0.25, -0.2) is 14.4 Å². The van der Waals surface area contributed by atoms with Gasteiger partial charge in [-0.15, -0.1) is 0 Å². The zero-order valence-electron chi connectivity index (χ0n) is 15.3. The summed E-state index contributed by atoms with van der Waals surface area (Å²) >= 11 is 0. The van der Waals surface area contributed by atoms with Crippen molar-refractivity contribution in [1.82, 2.24) is 15.2 Å². The van der Waals surface area contributed by atoms with Crippen LogP contribution in [0.3, 0.4) is 0 Å². The molecule has 3 rings (SSSR count). The average Bonchev–Trinajstić information content (AvgIpc) is 2.95. The number of rotatable bonds is 6. The molecular formula is C18H19N3O7. The summed E-state index contributed by atoms with van der Waals surface area (Å²) in [5.74, 6) is -2.04. The molecule has 0 radical (unpaired) electrons. The number of carbonyl (C=O) groups is 3. The fraction of sp³-hybridized carbons (Fsp3) is 0.333. The lowest BCUT2D eigenvalue weighted by atomic mass is 10.0. The van der Waals surface area contributed by atoms with Gasteiger partial charge in [0.25, 0.3) is 0 Å². The van der Waals surface area contributed by atoms with Gasteiger partial charge in [0.15, 0.2) is 5.58 Å². The molecule has 1 aromatic heterocycles. The van der Waals surface area contributed by atoms with Gasteiger partial charge < -0.3 is 24.5 Å². The van der Waals surface area contributed by atoms with Gasteiger partial charge in [0.1, 0.15) is 13.2 Å². The Morgan fingerprint density at radius 2 is 1.96 bits per heavy atom. The lowest BCUT2D eigenvalue weighted by Crippen LogP contribution is -2.50. The number of nitrogens with one attached hydrogen (secondary N) is 2. The quantitative estimate of drug-likeness (QED) is 0.694. The number of oxazole rings is 1. The van der Waals surface area contributed by atoms with E-state index >= 15 is 0 Å². The molecule has 10 nitrogen and oxygen atoms in total. The van der Waals surface area contributed by atoms with E-state index in [-0.39, 0.29) is 31.0 Å². The Hall–Kier alpha value is -3.56. The van der Waals surface area contributed by atoms with Crippen LogP contribution in [0.25, 0.3) is 11.1 Å². The number of benzene rings is 1. The van der Waals surface area contributed by atoms with E-state index in [9.17, 15) is 19.2 Å². The van der Waals surface area contributed by atoms with Gasteiger partial charge in [-0.2, -0.15) is 0 Å². The monoisotopic (exact) mass is 389 g/mol. The van der Waals surface area contributed by atoms with E-state index in [1.54, 1.807) is 38.1 Å². The summed E-state index contributed by atoms with van der Waals surface area (Å²) in [4.78, 5) is 48.0. The topological polar surface area (TPSA) is 129 Å². The van der Waals surface area contributed by atoms with Crippen LogP contribution in [0.4, 0.5) is 4.79 Å². The number of nitrogens with zero attached hydrogens (tertiary/aromatic N) is 1. The maximum Gasteiger partial charge on any atom is 0.420 e. The normalized spacial score (nSPS) is 16.5. The van der Waals surface area contributed by atoms with E-state index < -0.39 is 29.8 Å². The lowest BCUT2D eigenvalue weighted by molar-refractivity contribution is -0.144. The van der Waals surface area contributed by atoms with Crippen molar-refractivity contribution in [2.45, 2.75) is 26.4 Å². The molecule has 2 heterocycles. The molecule has 10 heteroatoms. The summed E-state index contributed by atoms with van der Waals surface area (Å²) in [6, 6.07) is 5.54. The van der Waals surface area contributed by atoms with Crippen molar-refractivity contribution < 1.29 is 28.3 Å². The van der Waals surface area contributed by atoms with E-state index in [2.05, 4.69) is 10.6 Å². The maximum atomic E-state index is 12.2. The number of para-hydroxylation sites is 2. The molecule has 0 fully saturated rings. The van der Waals surface area contributed by atoms with Gasteiger partial charge in [-0.3, -0.25) is 9.36 Å². The van der Waals surface area contributed by atoms with Gasteiger partial charge in [0.05, 0.1) is 29.4 Å². The zero-order chi connectivity index (χ0) is 20.3. The number of esters is 2. The molecule has 2 N–H and O–H groups in total. The number of carbonyl (C=O) groups excluding carboxylic acids is 3. The Labute approximate surface area is 159 Å². The largest absolute Gasteiger partial charge is 0.463 e. The maximum absolute atomic E-state index is 12.2. The van der Waals surface area contributed by atoms with Crippen LogP contribution in [0.2, 0.25) is 0 Å². The minimum Gasteiger partial charge on any atom is -0.463 e.